The Morgan fingerprint density at radius 2 is 1.93 bits per heavy atom. The van der Waals surface area contributed by atoms with Crippen LogP contribution in [-0.2, 0) is 6.54 Å². The third-order valence-corrected chi connectivity index (χ3v) is 5.75. The molecule has 0 spiro atoms. The zero-order chi connectivity index (χ0) is 19.7. The molecule has 1 aliphatic carbocycles. The van der Waals surface area contributed by atoms with Crippen molar-refractivity contribution in [2.24, 2.45) is 0 Å². The van der Waals surface area contributed by atoms with Gasteiger partial charge in [0.2, 0.25) is 0 Å². The van der Waals surface area contributed by atoms with E-state index in [1.54, 1.807) is 16.7 Å². The normalized spacial score (nSPS) is 13.5. The predicted molar refractivity (Wildman–Crippen MR) is 115 cm³/mol. The number of hydrogen-bond donors (Lipinski definition) is 2. The molecule has 144 valence electrons. The Kier molecular flexibility index (Phi) is 5.13. The number of carbonyl (C=O) groups excluding carboxylic acids is 1. The molecule has 1 fully saturated rings. The third-order valence-electron chi connectivity index (χ3n) is 5.01. The molecule has 1 heterocycles. The van der Waals surface area contributed by atoms with Crippen molar-refractivity contribution in [3.63, 3.8) is 0 Å². The van der Waals surface area contributed by atoms with E-state index in [0.29, 0.717) is 12.1 Å². The van der Waals surface area contributed by atoms with Crippen LogP contribution >= 0.6 is 11.8 Å². The van der Waals surface area contributed by atoms with Gasteiger partial charge in [0.05, 0.1) is 6.54 Å². The second-order valence-corrected chi connectivity index (χ2v) is 8.11. The monoisotopic (exact) mass is 393 g/mol. The highest BCUT2D eigenvalue weighted by atomic mass is 32.2. The van der Waals surface area contributed by atoms with E-state index in [2.05, 4.69) is 10.3 Å². The maximum absolute atomic E-state index is 12.9. The first kappa shape index (κ1) is 18.6. The van der Waals surface area contributed by atoms with Gasteiger partial charge in [-0.25, -0.2) is 4.79 Å². The summed E-state index contributed by atoms with van der Waals surface area (Å²) in [5.74, 6) is 0. The van der Waals surface area contributed by atoms with Crippen LogP contribution in [0.5, 0.6) is 0 Å². The molecule has 1 saturated carbocycles. The average Bonchev–Trinajstić information content (AvgIpc) is 3.52. The van der Waals surface area contributed by atoms with E-state index in [9.17, 15) is 9.59 Å². The van der Waals surface area contributed by atoms with Gasteiger partial charge in [0.15, 0.2) is 0 Å². The number of aryl methyl sites for hydroxylation is 1. The molecular weight excluding hydrogens is 370 g/mol. The molecule has 4 rings (SSSR count). The van der Waals surface area contributed by atoms with E-state index in [1.165, 1.54) is 0 Å². The molecule has 0 unspecified atom stereocenters. The van der Waals surface area contributed by atoms with Gasteiger partial charge in [-0.15, -0.1) is 11.8 Å². The van der Waals surface area contributed by atoms with E-state index in [-0.39, 0.29) is 17.6 Å². The smallest absolute Gasteiger partial charge is 0.322 e. The number of carbonyl (C=O) groups is 1. The molecule has 3 aromatic rings. The van der Waals surface area contributed by atoms with Crippen molar-refractivity contribution < 1.29 is 4.79 Å². The van der Waals surface area contributed by atoms with Crippen molar-refractivity contribution >= 4 is 34.4 Å². The van der Waals surface area contributed by atoms with Gasteiger partial charge in [-0.05, 0) is 73.9 Å². The number of fused-ring (bicyclic) bond motifs is 1. The topological polar surface area (TPSA) is 65.2 Å². The number of pyridine rings is 1. The van der Waals surface area contributed by atoms with Crippen molar-refractivity contribution in [2.45, 2.75) is 37.2 Å². The molecule has 28 heavy (non-hydrogen) atoms. The van der Waals surface area contributed by atoms with Crippen LogP contribution in [0.15, 0.2) is 58.2 Å². The largest absolute Gasteiger partial charge is 0.322 e. The van der Waals surface area contributed by atoms with E-state index in [4.69, 9.17) is 0 Å². The number of nitrogens with zero attached hydrogens (tertiary/aromatic N) is 1. The molecule has 2 amide bonds. The van der Waals surface area contributed by atoms with E-state index >= 15 is 0 Å². The van der Waals surface area contributed by atoms with Crippen LogP contribution in [0.2, 0.25) is 0 Å². The first-order chi connectivity index (χ1) is 13.5. The number of thioether (sulfide) groups is 1. The first-order valence-electron chi connectivity index (χ1n) is 9.38. The third kappa shape index (κ3) is 4.07. The molecule has 1 aliphatic rings. The Morgan fingerprint density at radius 3 is 2.61 bits per heavy atom. The van der Waals surface area contributed by atoms with Crippen LogP contribution in [0, 0.1) is 6.92 Å². The van der Waals surface area contributed by atoms with Crippen LogP contribution < -0.4 is 10.9 Å². The summed E-state index contributed by atoms with van der Waals surface area (Å²) >= 11 is 1.66. The van der Waals surface area contributed by atoms with Crippen molar-refractivity contribution in [1.82, 2.24) is 9.88 Å². The maximum atomic E-state index is 12.9. The van der Waals surface area contributed by atoms with Crippen molar-refractivity contribution in [1.29, 1.82) is 0 Å². The molecular formula is C22H23N3O2S. The maximum Gasteiger partial charge on any atom is 0.322 e. The molecule has 0 radical (unpaired) electrons. The molecule has 0 saturated heterocycles. The number of rotatable bonds is 5. The number of amides is 2. The molecule has 6 heteroatoms. The van der Waals surface area contributed by atoms with Crippen LogP contribution in [0.3, 0.4) is 0 Å². The number of benzene rings is 2. The number of aromatic nitrogens is 1. The SMILES string of the molecule is CSc1ccc(NC(=O)N(Cc2cc3cc(C)ccc3[nH]c2=O)C2CC2)cc1. The summed E-state index contributed by atoms with van der Waals surface area (Å²) < 4.78 is 0. The lowest BCUT2D eigenvalue weighted by molar-refractivity contribution is 0.206. The fraction of sp³-hybridized carbons (Fsp3) is 0.273. The summed E-state index contributed by atoms with van der Waals surface area (Å²) in [7, 11) is 0. The van der Waals surface area contributed by atoms with Gasteiger partial charge < -0.3 is 15.2 Å². The van der Waals surface area contributed by atoms with E-state index in [0.717, 1.165) is 39.9 Å². The highest BCUT2D eigenvalue weighted by Crippen LogP contribution is 2.29. The van der Waals surface area contributed by atoms with Crippen LogP contribution in [0.1, 0.15) is 24.0 Å². The predicted octanol–water partition coefficient (Wildman–Crippen LogP) is 4.75. The average molecular weight is 394 g/mol. The van der Waals surface area contributed by atoms with Gasteiger partial charge in [0.1, 0.15) is 0 Å². The lowest BCUT2D eigenvalue weighted by Gasteiger charge is -2.23. The van der Waals surface area contributed by atoms with Crippen LogP contribution in [0.25, 0.3) is 10.9 Å². The molecule has 1 aromatic heterocycles. The standard InChI is InChI=1S/C22H23N3O2S/c1-14-3-10-20-15(11-14)12-16(21(26)24-20)13-25(18-6-7-18)22(27)23-17-4-8-19(28-2)9-5-17/h3-5,8-12,18H,6-7,13H2,1-2H3,(H,23,27)(H,24,26). The Labute approximate surface area is 168 Å². The number of nitrogens with one attached hydrogen (secondary N) is 2. The van der Waals surface area contributed by atoms with Crippen LogP contribution in [-0.4, -0.2) is 28.2 Å². The Balaban J connectivity index is 1.56. The zero-order valence-corrected chi connectivity index (χ0v) is 16.8. The highest BCUT2D eigenvalue weighted by Gasteiger charge is 2.33. The number of hydrogen-bond acceptors (Lipinski definition) is 3. The summed E-state index contributed by atoms with van der Waals surface area (Å²) in [5.41, 5.74) is 3.18. The highest BCUT2D eigenvalue weighted by molar-refractivity contribution is 7.98. The Morgan fingerprint density at radius 1 is 1.18 bits per heavy atom. The first-order valence-corrected chi connectivity index (χ1v) is 10.6. The summed E-state index contributed by atoms with van der Waals surface area (Å²) in [4.78, 5) is 31.3. The summed E-state index contributed by atoms with van der Waals surface area (Å²) in [5, 5.41) is 3.95. The van der Waals surface area contributed by atoms with Crippen LogP contribution in [0.4, 0.5) is 10.5 Å². The van der Waals surface area contributed by atoms with E-state index < -0.39 is 0 Å². The van der Waals surface area contributed by atoms with Gasteiger partial charge >= 0.3 is 6.03 Å². The van der Waals surface area contributed by atoms with Gasteiger partial charge in [-0.1, -0.05) is 11.6 Å². The number of aromatic amines is 1. The minimum atomic E-state index is -0.164. The molecule has 2 N–H and O–H groups in total. The van der Waals surface area contributed by atoms with Crippen molar-refractivity contribution in [2.75, 3.05) is 11.6 Å². The zero-order valence-electron chi connectivity index (χ0n) is 16.0. The second kappa shape index (κ2) is 7.72. The van der Waals surface area contributed by atoms with Gasteiger partial charge in [0.25, 0.3) is 5.56 Å². The number of H-pyrrole nitrogens is 1. The van der Waals surface area contributed by atoms with E-state index in [1.807, 2.05) is 61.7 Å². The van der Waals surface area contributed by atoms with Gasteiger partial charge in [-0.2, -0.15) is 0 Å². The van der Waals surface area contributed by atoms with Crippen molar-refractivity contribution in [3.8, 4) is 0 Å². The molecule has 0 aliphatic heterocycles. The minimum Gasteiger partial charge on any atom is -0.322 e. The fourth-order valence-electron chi connectivity index (χ4n) is 3.29. The second-order valence-electron chi connectivity index (χ2n) is 7.23. The quantitative estimate of drug-likeness (QED) is 0.615. The lowest BCUT2D eigenvalue weighted by atomic mass is 10.1. The molecule has 5 nitrogen and oxygen atoms in total. The Bertz CT molecular complexity index is 1070. The fourth-order valence-corrected chi connectivity index (χ4v) is 3.70. The minimum absolute atomic E-state index is 0.140. The Hall–Kier alpha value is -2.73. The lowest BCUT2D eigenvalue weighted by Crippen LogP contribution is -2.37. The molecule has 0 bridgehead atoms. The molecule has 0 atom stereocenters. The van der Waals surface area contributed by atoms with Gasteiger partial charge in [0, 0.05) is 27.7 Å². The number of anilines is 1. The summed E-state index contributed by atoms with van der Waals surface area (Å²) in [6.07, 6.45) is 3.97. The van der Waals surface area contributed by atoms with Crippen molar-refractivity contribution in [3.05, 3.63) is 70.0 Å². The molecule has 2 aromatic carbocycles. The summed E-state index contributed by atoms with van der Waals surface area (Å²) in [6.45, 7) is 2.33. The van der Waals surface area contributed by atoms with Gasteiger partial charge in [-0.3, -0.25) is 4.79 Å². The number of urea groups is 1. The summed E-state index contributed by atoms with van der Waals surface area (Å²) in [6, 6.07) is 15.6.